The van der Waals surface area contributed by atoms with Gasteiger partial charge in [-0.25, -0.2) is 0 Å². The molecule has 23 heavy (non-hydrogen) atoms. The zero-order chi connectivity index (χ0) is 16.2. The fourth-order valence-electron chi connectivity index (χ4n) is 3.21. The number of fused-ring (bicyclic) bond motifs is 1. The van der Waals surface area contributed by atoms with E-state index in [9.17, 15) is 4.79 Å². The van der Waals surface area contributed by atoms with Gasteiger partial charge in [-0.05, 0) is 25.0 Å². The molecule has 0 saturated carbocycles. The number of para-hydroxylation sites is 1. The second-order valence-electron chi connectivity index (χ2n) is 6.82. The molecule has 3 nitrogen and oxygen atoms in total. The molecule has 130 valence electrons. The van der Waals surface area contributed by atoms with Crippen LogP contribution in [0.5, 0.6) is 0 Å². The minimum atomic E-state index is -0.115. The molecule has 4 heteroatoms. The van der Waals surface area contributed by atoms with Gasteiger partial charge in [0.1, 0.15) is 6.54 Å². The Morgan fingerprint density at radius 1 is 1.22 bits per heavy atom. The summed E-state index contributed by atoms with van der Waals surface area (Å²) in [5.74, 6) is -0.115. The molecule has 1 heterocycles. The molecule has 1 atom stereocenters. The van der Waals surface area contributed by atoms with E-state index < -0.39 is 0 Å². The van der Waals surface area contributed by atoms with Gasteiger partial charge < -0.3 is 9.64 Å². The number of nitrogens with zero attached hydrogens (tertiary/aromatic N) is 1. The van der Waals surface area contributed by atoms with Crippen molar-refractivity contribution in [2.24, 2.45) is 0 Å². The lowest BCUT2D eigenvalue weighted by atomic mass is 9.81. The molecule has 1 aliphatic heterocycles. The standard InChI is InChI=1S/C19H29NO2.BrH/c1-5-6-7-10-13-22-18(21)14-20-15(2)19(3,4)16-11-8-9-12-17(16)20;/h8-9,11-12,15H,5-7,10,13-14H2,1-4H3;1H. The van der Waals surface area contributed by atoms with Gasteiger partial charge in [-0.2, -0.15) is 0 Å². The van der Waals surface area contributed by atoms with E-state index in [1.165, 1.54) is 24.1 Å². The van der Waals surface area contributed by atoms with Crippen LogP contribution < -0.4 is 4.90 Å². The molecule has 0 fully saturated rings. The second kappa shape index (κ2) is 8.72. The van der Waals surface area contributed by atoms with Crippen LogP contribution in [-0.4, -0.2) is 25.2 Å². The lowest BCUT2D eigenvalue weighted by Gasteiger charge is -2.30. The summed E-state index contributed by atoms with van der Waals surface area (Å²) >= 11 is 0. The predicted octanol–water partition coefficient (Wildman–Crippen LogP) is 4.87. The number of ether oxygens (including phenoxy) is 1. The number of anilines is 1. The summed E-state index contributed by atoms with van der Waals surface area (Å²) in [6, 6.07) is 8.67. The van der Waals surface area contributed by atoms with Crippen LogP contribution in [0.2, 0.25) is 0 Å². The average molecular weight is 384 g/mol. The van der Waals surface area contributed by atoms with E-state index in [1.807, 2.05) is 6.07 Å². The lowest BCUT2D eigenvalue weighted by molar-refractivity contribution is -0.142. The van der Waals surface area contributed by atoms with Crippen molar-refractivity contribution >= 4 is 28.6 Å². The largest absolute Gasteiger partial charge is 0.464 e. The van der Waals surface area contributed by atoms with Gasteiger partial charge >= 0.3 is 5.97 Å². The van der Waals surface area contributed by atoms with Crippen molar-refractivity contribution in [3.63, 3.8) is 0 Å². The molecule has 1 unspecified atom stereocenters. The summed E-state index contributed by atoms with van der Waals surface area (Å²) in [5.41, 5.74) is 2.54. The van der Waals surface area contributed by atoms with Gasteiger partial charge in [0.15, 0.2) is 0 Å². The van der Waals surface area contributed by atoms with Gasteiger partial charge in [0, 0.05) is 17.1 Å². The Hall–Kier alpha value is -1.03. The Labute approximate surface area is 151 Å². The SMILES string of the molecule is Br.CCCCCCOC(=O)CN1c2ccccc2C(C)(C)C1C. The van der Waals surface area contributed by atoms with Gasteiger partial charge in [0.2, 0.25) is 0 Å². The highest BCUT2D eigenvalue weighted by molar-refractivity contribution is 8.93. The molecule has 2 rings (SSSR count). The smallest absolute Gasteiger partial charge is 0.325 e. The molecule has 0 saturated heterocycles. The number of hydrogen-bond acceptors (Lipinski definition) is 3. The van der Waals surface area contributed by atoms with Crippen LogP contribution >= 0.6 is 17.0 Å². The number of halogens is 1. The molecule has 1 aromatic carbocycles. The normalized spacial score (nSPS) is 18.3. The summed E-state index contributed by atoms with van der Waals surface area (Å²) in [6.45, 7) is 9.75. The van der Waals surface area contributed by atoms with Crippen LogP contribution in [0.3, 0.4) is 0 Å². The molecular weight excluding hydrogens is 354 g/mol. The molecular formula is C19H30BrNO2. The number of unbranched alkanes of at least 4 members (excludes halogenated alkanes) is 3. The van der Waals surface area contributed by atoms with E-state index in [0.29, 0.717) is 13.2 Å². The Balaban J connectivity index is 0.00000264. The first-order valence-electron chi connectivity index (χ1n) is 8.50. The van der Waals surface area contributed by atoms with Crippen LogP contribution in [0.15, 0.2) is 24.3 Å². The minimum Gasteiger partial charge on any atom is -0.464 e. The predicted molar refractivity (Wildman–Crippen MR) is 102 cm³/mol. The van der Waals surface area contributed by atoms with Crippen LogP contribution in [0.1, 0.15) is 58.9 Å². The lowest BCUT2D eigenvalue weighted by Crippen LogP contribution is -2.42. The van der Waals surface area contributed by atoms with Crippen LogP contribution in [0.25, 0.3) is 0 Å². The van der Waals surface area contributed by atoms with Crippen molar-refractivity contribution in [3.05, 3.63) is 29.8 Å². The fourth-order valence-corrected chi connectivity index (χ4v) is 3.21. The molecule has 1 aromatic rings. The quantitative estimate of drug-likeness (QED) is 0.496. The summed E-state index contributed by atoms with van der Waals surface area (Å²) in [6.07, 6.45) is 4.52. The van der Waals surface area contributed by atoms with Crippen LogP contribution in [0.4, 0.5) is 5.69 Å². The highest BCUT2D eigenvalue weighted by Crippen LogP contribution is 2.44. The minimum absolute atomic E-state index is 0. The molecule has 0 aromatic heterocycles. The Kier molecular flexibility index (Phi) is 7.59. The maximum absolute atomic E-state index is 12.1. The molecule has 0 amide bonds. The van der Waals surface area contributed by atoms with Gasteiger partial charge in [0.25, 0.3) is 0 Å². The van der Waals surface area contributed by atoms with Crippen molar-refractivity contribution in [2.75, 3.05) is 18.1 Å². The monoisotopic (exact) mass is 383 g/mol. The van der Waals surface area contributed by atoms with Crippen molar-refractivity contribution in [3.8, 4) is 0 Å². The Bertz CT molecular complexity index is 516. The molecule has 0 spiro atoms. The number of carbonyl (C=O) groups excluding carboxylic acids is 1. The van der Waals surface area contributed by atoms with Crippen molar-refractivity contribution in [2.45, 2.75) is 64.8 Å². The maximum atomic E-state index is 12.1. The first-order valence-corrected chi connectivity index (χ1v) is 8.50. The van der Waals surface area contributed by atoms with Crippen molar-refractivity contribution < 1.29 is 9.53 Å². The third-order valence-corrected chi connectivity index (χ3v) is 4.98. The fraction of sp³-hybridized carbons (Fsp3) is 0.632. The van der Waals surface area contributed by atoms with Gasteiger partial charge in [-0.3, -0.25) is 4.79 Å². The van der Waals surface area contributed by atoms with Gasteiger partial charge in [0.05, 0.1) is 6.61 Å². The van der Waals surface area contributed by atoms with Crippen molar-refractivity contribution in [1.82, 2.24) is 0 Å². The van der Waals surface area contributed by atoms with E-state index in [1.54, 1.807) is 0 Å². The number of hydrogen-bond donors (Lipinski definition) is 0. The molecule has 1 aliphatic rings. The first-order chi connectivity index (χ1) is 10.5. The van der Waals surface area contributed by atoms with E-state index in [-0.39, 0.29) is 34.4 Å². The highest BCUT2D eigenvalue weighted by atomic mass is 79.9. The Morgan fingerprint density at radius 3 is 2.61 bits per heavy atom. The number of esters is 1. The van der Waals surface area contributed by atoms with E-state index >= 15 is 0 Å². The number of rotatable bonds is 7. The molecule has 0 N–H and O–H groups in total. The summed E-state index contributed by atoms with van der Waals surface area (Å²) in [7, 11) is 0. The van der Waals surface area contributed by atoms with Crippen LogP contribution in [-0.2, 0) is 14.9 Å². The van der Waals surface area contributed by atoms with E-state index in [0.717, 1.165) is 12.8 Å². The zero-order valence-corrected chi connectivity index (χ0v) is 16.5. The van der Waals surface area contributed by atoms with Crippen LogP contribution in [0, 0.1) is 0 Å². The summed E-state index contributed by atoms with van der Waals surface area (Å²) in [5, 5.41) is 0. The molecule has 0 aliphatic carbocycles. The maximum Gasteiger partial charge on any atom is 0.325 e. The zero-order valence-electron chi connectivity index (χ0n) is 14.8. The van der Waals surface area contributed by atoms with E-state index in [2.05, 4.69) is 50.8 Å². The van der Waals surface area contributed by atoms with Gasteiger partial charge in [-0.1, -0.05) is 58.2 Å². The summed E-state index contributed by atoms with van der Waals surface area (Å²) < 4.78 is 5.40. The average Bonchev–Trinajstić information content (AvgIpc) is 2.69. The van der Waals surface area contributed by atoms with Crippen molar-refractivity contribution in [1.29, 1.82) is 0 Å². The third kappa shape index (κ3) is 4.50. The topological polar surface area (TPSA) is 29.5 Å². The highest BCUT2D eigenvalue weighted by Gasteiger charge is 2.42. The first kappa shape index (κ1) is 20.0. The summed E-state index contributed by atoms with van der Waals surface area (Å²) in [4.78, 5) is 14.3. The van der Waals surface area contributed by atoms with E-state index in [4.69, 9.17) is 4.74 Å². The second-order valence-corrected chi connectivity index (χ2v) is 6.82. The number of carbonyl (C=O) groups is 1. The number of benzene rings is 1. The third-order valence-electron chi connectivity index (χ3n) is 4.98. The van der Waals surface area contributed by atoms with Gasteiger partial charge in [-0.15, -0.1) is 17.0 Å². The molecule has 0 radical (unpaired) electrons. The molecule has 0 bridgehead atoms. The Morgan fingerprint density at radius 2 is 1.91 bits per heavy atom.